The number of rotatable bonds is 6. The monoisotopic (exact) mass is 410 g/mol. The summed E-state index contributed by atoms with van der Waals surface area (Å²) in [5.41, 5.74) is 0.954. The van der Waals surface area contributed by atoms with Crippen LogP contribution in [0.4, 0.5) is 16.2 Å². The van der Waals surface area contributed by atoms with E-state index in [1.165, 1.54) is 30.3 Å². The second-order valence-corrected chi connectivity index (χ2v) is 6.29. The molecule has 0 spiro atoms. The second-order valence-electron chi connectivity index (χ2n) is 5.47. The number of nitro benzene ring substituents is 1. The van der Waals surface area contributed by atoms with Crippen molar-refractivity contribution in [1.82, 2.24) is 10.6 Å². The summed E-state index contributed by atoms with van der Waals surface area (Å²) in [6.45, 7) is 1.89. The molecule has 8 nitrogen and oxygen atoms in total. The number of amides is 3. The predicted molar refractivity (Wildman–Crippen MR) is 104 cm³/mol. The van der Waals surface area contributed by atoms with Crippen LogP contribution in [0.5, 0.6) is 0 Å². The molecule has 0 fully saturated rings. The van der Waals surface area contributed by atoms with Crippen LogP contribution in [0.15, 0.2) is 36.4 Å². The fraction of sp³-hybridized carbons (Fsp3) is 0.176. The Balaban J connectivity index is 1.81. The zero-order valence-corrected chi connectivity index (χ0v) is 15.7. The van der Waals surface area contributed by atoms with Crippen LogP contribution in [0.1, 0.15) is 15.9 Å². The number of carbonyl (C=O) groups is 2. The van der Waals surface area contributed by atoms with Gasteiger partial charge in [0, 0.05) is 24.7 Å². The molecule has 27 heavy (non-hydrogen) atoms. The van der Waals surface area contributed by atoms with Gasteiger partial charge >= 0.3 is 6.03 Å². The van der Waals surface area contributed by atoms with Crippen LogP contribution in [-0.4, -0.2) is 30.0 Å². The van der Waals surface area contributed by atoms with Gasteiger partial charge < -0.3 is 16.0 Å². The molecule has 3 amide bonds. The Kier molecular flexibility index (Phi) is 6.98. The summed E-state index contributed by atoms with van der Waals surface area (Å²) >= 11 is 11.7. The number of benzene rings is 2. The highest BCUT2D eigenvalue weighted by atomic mass is 35.5. The average molecular weight is 411 g/mol. The Labute approximate surface area is 165 Å². The van der Waals surface area contributed by atoms with Crippen molar-refractivity contribution in [3.63, 3.8) is 0 Å². The minimum absolute atomic E-state index is 0.0818. The van der Waals surface area contributed by atoms with E-state index in [-0.39, 0.29) is 29.7 Å². The van der Waals surface area contributed by atoms with Gasteiger partial charge in [-0.3, -0.25) is 14.9 Å². The molecule has 2 rings (SSSR count). The van der Waals surface area contributed by atoms with Crippen molar-refractivity contribution < 1.29 is 14.5 Å². The Hall–Kier alpha value is -2.84. The van der Waals surface area contributed by atoms with Crippen LogP contribution in [-0.2, 0) is 0 Å². The maximum atomic E-state index is 12.0. The summed E-state index contributed by atoms with van der Waals surface area (Å²) < 4.78 is 0. The number of nitrogens with one attached hydrogen (secondary N) is 3. The third kappa shape index (κ3) is 5.57. The SMILES string of the molecule is Cc1c(NC(=O)NCCNC(=O)c2ccc(Cl)c(Cl)c2)cccc1[N+](=O)[O-]. The van der Waals surface area contributed by atoms with E-state index in [1.54, 1.807) is 13.0 Å². The van der Waals surface area contributed by atoms with Crippen molar-refractivity contribution in [2.24, 2.45) is 0 Å². The van der Waals surface area contributed by atoms with Gasteiger partial charge in [-0.1, -0.05) is 29.3 Å². The van der Waals surface area contributed by atoms with Crippen molar-refractivity contribution in [3.05, 3.63) is 67.7 Å². The molecular weight excluding hydrogens is 395 g/mol. The van der Waals surface area contributed by atoms with E-state index in [1.807, 2.05) is 0 Å². The van der Waals surface area contributed by atoms with Crippen LogP contribution >= 0.6 is 23.2 Å². The topological polar surface area (TPSA) is 113 Å². The summed E-state index contributed by atoms with van der Waals surface area (Å²) in [5.74, 6) is -0.356. The molecule has 0 aromatic heterocycles. The van der Waals surface area contributed by atoms with Crippen LogP contribution in [0.25, 0.3) is 0 Å². The summed E-state index contributed by atoms with van der Waals surface area (Å²) in [6.07, 6.45) is 0. The normalized spacial score (nSPS) is 10.2. The van der Waals surface area contributed by atoms with Gasteiger partial charge in [-0.15, -0.1) is 0 Å². The number of carbonyl (C=O) groups excluding carboxylic acids is 2. The molecule has 0 atom stereocenters. The molecule has 2 aromatic rings. The number of urea groups is 1. The fourth-order valence-corrected chi connectivity index (χ4v) is 2.51. The molecule has 0 radical (unpaired) electrons. The first-order chi connectivity index (χ1) is 12.8. The molecule has 142 valence electrons. The smallest absolute Gasteiger partial charge is 0.319 e. The maximum Gasteiger partial charge on any atom is 0.319 e. The molecule has 0 saturated carbocycles. The Morgan fingerprint density at radius 3 is 2.44 bits per heavy atom. The van der Waals surface area contributed by atoms with Gasteiger partial charge in [0.15, 0.2) is 0 Å². The minimum atomic E-state index is -0.539. The maximum absolute atomic E-state index is 12.0. The largest absolute Gasteiger partial charge is 0.350 e. The van der Waals surface area contributed by atoms with Crippen LogP contribution < -0.4 is 16.0 Å². The zero-order chi connectivity index (χ0) is 20.0. The van der Waals surface area contributed by atoms with Gasteiger partial charge in [0.1, 0.15) is 0 Å². The lowest BCUT2D eigenvalue weighted by Gasteiger charge is -2.10. The van der Waals surface area contributed by atoms with Crippen LogP contribution in [0, 0.1) is 17.0 Å². The molecule has 0 heterocycles. The number of nitrogens with zero attached hydrogens (tertiary/aromatic N) is 1. The number of nitro groups is 1. The van der Waals surface area contributed by atoms with Crippen molar-refractivity contribution in [3.8, 4) is 0 Å². The fourth-order valence-electron chi connectivity index (χ4n) is 2.21. The molecule has 3 N–H and O–H groups in total. The standard InChI is InChI=1S/C17H16Cl2N4O4/c1-10-14(3-2-4-15(10)23(26)27)22-17(25)21-8-7-20-16(24)11-5-6-12(18)13(19)9-11/h2-6,9H,7-8H2,1H3,(H,20,24)(H2,21,22,25). The Morgan fingerprint density at radius 1 is 1.07 bits per heavy atom. The van der Waals surface area contributed by atoms with Crippen molar-refractivity contribution in [2.45, 2.75) is 6.92 Å². The van der Waals surface area contributed by atoms with Gasteiger partial charge in [-0.05, 0) is 31.2 Å². The van der Waals surface area contributed by atoms with Crippen LogP contribution in [0.3, 0.4) is 0 Å². The first-order valence-corrected chi connectivity index (χ1v) is 8.57. The van der Waals surface area contributed by atoms with Gasteiger partial charge in [-0.25, -0.2) is 4.79 Å². The predicted octanol–water partition coefficient (Wildman–Crippen LogP) is 3.76. The molecule has 0 aliphatic carbocycles. The second kappa shape index (κ2) is 9.20. The summed E-state index contributed by atoms with van der Waals surface area (Å²) in [4.78, 5) is 34.3. The Morgan fingerprint density at radius 2 is 1.78 bits per heavy atom. The minimum Gasteiger partial charge on any atom is -0.350 e. The van der Waals surface area contributed by atoms with E-state index in [2.05, 4.69) is 16.0 Å². The van der Waals surface area contributed by atoms with E-state index < -0.39 is 11.0 Å². The van der Waals surface area contributed by atoms with Gasteiger partial charge in [0.25, 0.3) is 11.6 Å². The summed E-state index contributed by atoms with van der Waals surface area (Å²) in [7, 11) is 0. The third-order valence-electron chi connectivity index (χ3n) is 3.63. The van der Waals surface area contributed by atoms with E-state index in [4.69, 9.17) is 23.2 Å². The molecule has 10 heteroatoms. The molecule has 2 aromatic carbocycles. The van der Waals surface area contributed by atoms with Crippen molar-refractivity contribution in [1.29, 1.82) is 0 Å². The van der Waals surface area contributed by atoms with Crippen molar-refractivity contribution in [2.75, 3.05) is 18.4 Å². The quantitative estimate of drug-likeness (QED) is 0.382. The highest BCUT2D eigenvalue weighted by Crippen LogP contribution is 2.25. The van der Waals surface area contributed by atoms with Gasteiger partial charge in [-0.2, -0.15) is 0 Å². The first-order valence-electron chi connectivity index (χ1n) is 7.81. The third-order valence-corrected chi connectivity index (χ3v) is 4.37. The van der Waals surface area contributed by atoms with Crippen LogP contribution in [0.2, 0.25) is 10.0 Å². The average Bonchev–Trinajstić information content (AvgIpc) is 2.62. The molecule has 0 unspecified atom stereocenters. The summed E-state index contributed by atoms with van der Waals surface area (Å²) in [5, 5.41) is 19.3. The van der Waals surface area contributed by atoms with Gasteiger partial charge in [0.2, 0.25) is 0 Å². The van der Waals surface area contributed by atoms with E-state index in [9.17, 15) is 19.7 Å². The highest BCUT2D eigenvalue weighted by molar-refractivity contribution is 6.42. The lowest BCUT2D eigenvalue weighted by molar-refractivity contribution is -0.385. The van der Waals surface area contributed by atoms with E-state index in [0.717, 1.165) is 0 Å². The molecule has 0 saturated heterocycles. The zero-order valence-electron chi connectivity index (χ0n) is 14.2. The van der Waals surface area contributed by atoms with Gasteiger partial charge in [0.05, 0.1) is 26.2 Å². The molecule has 0 bridgehead atoms. The lowest BCUT2D eigenvalue weighted by Crippen LogP contribution is -2.36. The summed E-state index contributed by atoms with van der Waals surface area (Å²) in [6, 6.07) is 8.37. The van der Waals surface area contributed by atoms with E-state index in [0.29, 0.717) is 21.8 Å². The number of hydrogen-bond donors (Lipinski definition) is 3. The lowest BCUT2D eigenvalue weighted by atomic mass is 10.1. The number of anilines is 1. The molecule has 0 aliphatic rings. The highest BCUT2D eigenvalue weighted by Gasteiger charge is 2.14. The number of halogens is 2. The molecule has 0 aliphatic heterocycles. The van der Waals surface area contributed by atoms with Crippen molar-refractivity contribution >= 4 is 46.5 Å². The molecular formula is C17H16Cl2N4O4. The first kappa shape index (κ1) is 20.5. The van der Waals surface area contributed by atoms with E-state index >= 15 is 0 Å². The Bertz CT molecular complexity index is 889. The number of hydrogen-bond acceptors (Lipinski definition) is 4.